The number of carbonyl (C=O) groups is 1. The molecule has 1 atom stereocenters. The Bertz CT molecular complexity index is 583. The minimum absolute atomic E-state index is 0.0571. The van der Waals surface area contributed by atoms with Crippen LogP contribution in [0, 0.1) is 6.92 Å². The number of nitrogens with one attached hydrogen (secondary N) is 1. The number of aliphatic hydroxyl groups is 1. The SMILES string of the molecule is Cc1cc2ccccc2nc1NCC(O)C(N)=O. The fourth-order valence-corrected chi connectivity index (χ4v) is 1.69. The second kappa shape index (κ2) is 5.01. The molecule has 1 heterocycles. The lowest BCUT2D eigenvalue weighted by molar-refractivity contribution is -0.125. The van der Waals surface area contributed by atoms with Crippen LogP contribution in [0.4, 0.5) is 5.82 Å². The third-order valence-corrected chi connectivity index (χ3v) is 2.71. The van der Waals surface area contributed by atoms with Gasteiger partial charge in [0.1, 0.15) is 11.9 Å². The van der Waals surface area contributed by atoms with Crippen molar-refractivity contribution in [2.75, 3.05) is 11.9 Å². The van der Waals surface area contributed by atoms with Crippen molar-refractivity contribution in [2.24, 2.45) is 5.73 Å². The number of benzene rings is 1. The van der Waals surface area contributed by atoms with Crippen LogP contribution in [-0.2, 0) is 4.79 Å². The van der Waals surface area contributed by atoms with E-state index in [9.17, 15) is 9.90 Å². The number of hydrogen-bond donors (Lipinski definition) is 3. The summed E-state index contributed by atoms with van der Waals surface area (Å²) in [6.45, 7) is 1.97. The lowest BCUT2D eigenvalue weighted by Gasteiger charge is -2.12. The number of anilines is 1. The average Bonchev–Trinajstić information content (AvgIpc) is 2.35. The van der Waals surface area contributed by atoms with Crippen LogP contribution < -0.4 is 11.1 Å². The van der Waals surface area contributed by atoms with E-state index in [-0.39, 0.29) is 6.54 Å². The molecule has 0 bridgehead atoms. The highest BCUT2D eigenvalue weighted by atomic mass is 16.3. The molecule has 0 radical (unpaired) electrons. The number of hydrogen-bond acceptors (Lipinski definition) is 4. The summed E-state index contributed by atoms with van der Waals surface area (Å²) >= 11 is 0. The molecule has 0 fully saturated rings. The number of fused-ring (bicyclic) bond motifs is 1. The smallest absolute Gasteiger partial charge is 0.248 e. The van der Waals surface area contributed by atoms with Gasteiger partial charge in [-0.2, -0.15) is 0 Å². The van der Waals surface area contributed by atoms with E-state index in [0.717, 1.165) is 16.5 Å². The molecule has 1 unspecified atom stereocenters. The van der Waals surface area contributed by atoms with E-state index in [1.165, 1.54) is 0 Å². The van der Waals surface area contributed by atoms with Crippen LogP contribution in [-0.4, -0.2) is 28.6 Å². The highest BCUT2D eigenvalue weighted by molar-refractivity contribution is 5.82. The van der Waals surface area contributed by atoms with Gasteiger partial charge in [0.15, 0.2) is 0 Å². The topological polar surface area (TPSA) is 88.2 Å². The number of nitrogens with zero attached hydrogens (tertiary/aromatic N) is 1. The lowest BCUT2D eigenvalue weighted by Crippen LogP contribution is -2.34. The summed E-state index contributed by atoms with van der Waals surface area (Å²) in [6, 6.07) is 9.75. The summed E-state index contributed by atoms with van der Waals surface area (Å²) < 4.78 is 0. The van der Waals surface area contributed by atoms with Crippen LogP contribution in [0.3, 0.4) is 0 Å². The normalized spacial score (nSPS) is 12.3. The van der Waals surface area contributed by atoms with Gasteiger partial charge in [-0.15, -0.1) is 0 Å². The Labute approximate surface area is 105 Å². The Balaban J connectivity index is 2.23. The van der Waals surface area contributed by atoms with Crippen molar-refractivity contribution in [1.82, 2.24) is 4.98 Å². The predicted molar refractivity (Wildman–Crippen MR) is 70.2 cm³/mol. The Hall–Kier alpha value is -2.14. The van der Waals surface area contributed by atoms with Crippen molar-refractivity contribution in [3.63, 3.8) is 0 Å². The van der Waals surface area contributed by atoms with Crippen molar-refractivity contribution in [3.8, 4) is 0 Å². The number of para-hydroxylation sites is 1. The summed E-state index contributed by atoms with van der Waals surface area (Å²) in [6.07, 6.45) is -1.21. The van der Waals surface area contributed by atoms with E-state index < -0.39 is 12.0 Å². The third kappa shape index (κ3) is 2.57. The Morgan fingerprint density at radius 3 is 2.94 bits per heavy atom. The lowest BCUT2D eigenvalue weighted by atomic mass is 10.1. The second-order valence-electron chi connectivity index (χ2n) is 4.15. The first-order valence-corrected chi connectivity index (χ1v) is 5.65. The number of aliphatic hydroxyl groups excluding tert-OH is 1. The molecule has 2 rings (SSSR count). The molecule has 18 heavy (non-hydrogen) atoms. The van der Waals surface area contributed by atoms with E-state index in [4.69, 9.17) is 5.73 Å². The summed E-state index contributed by atoms with van der Waals surface area (Å²) in [5, 5.41) is 13.3. The van der Waals surface area contributed by atoms with Crippen molar-refractivity contribution >= 4 is 22.6 Å². The summed E-state index contributed by atoms with van der Waals surface area (Å²) in [5.74, 6) is -0.102. The zero-order valence-electron chi connectivity index (χ0n) is 10.1. The zero-order chi connectivity index (χ0) is 13.1. The predicted octanol–water partition coefficient (Wildman–Crippen LogP) is 0.801. The standard InChI is InChI=1S/C13H15N3O2/c1-8-6-9-4-2-3-5-10(9)16-13(8)15-7-11(17)12(14)18/h2-6,11,17H,7H2,1H3,(H2,14,18)(H,15,16). The van der Waals surface area contributed by atoms with E-state index in [0.29, 0.717) is 5.82 Å². The van der Waals surface area contributed by atoms with Gasteiger partial charge >= 0.3 is 0 Å². The summed E-state index contributed by atoms with van der Waals surface area (Å²) in [5.41, 5.74) is 6.79. The fourth-order valence-electron chi connectivity index (χ4n) is 1.69. The molecule has 1 aromatic heterocycles. The number of pyridine rings is 1. The van der Waals surface area contributed by atoms with Gasteiger partial charge < -0.3 is 16.2 Å². The molecule has 0 aliphatic carbocycles. The summed E-state index contributed by atoms with van der Waals surface area (Å²) in [7, 11) is 0. The number of aromatic nitrogens is 1. The molecule has 0 spiro atoms. The molecule has 0 saturated heterocycles. The molecule has 94 valence electrons. The number of amides is 1. The molecule has 1 amide bonds. The van der Waals surface area contributed by atoms with Gasteiger partial charge in [0.2, 0.25) is 5.91 Å². The molecular weight excluding hydrogens is 230 g/mol. The summed E-state index contributed by atoms with van der Waals surface area (Å²) in [4.78, 5) is 15.2. The molecule has 0 saturated carbocycles. The van der Waals surface area contributed by atoms with Gasteiger partial charge in [-0.25, -0.2) is 4.98 Å². The maximum absolute atomic E-state index is 10.7. The number of primary amides is 1. The van der Waals surface area contributed by atoms with Crippen LogP contribution in [0.2, 0.25) is 0 Å². The van der Waals surface area contributed by atoms with Crippen molar-refractivity contribution < 1.29 is 9.90 Å². The zero-order valence-corrected chi connectivity index (χ0v) is 10.1. The Morgan fingerprint density at radius 2 is 2.22 bits per heavy atom. The van der Waals surface area contributed by atoms with Crippen molar-refractivity contribution in [1.29, 1.82) is 0 Å². The Kier molecular flexibility index (Phi) is 3.43. The number of aryl methyl sites for hydroxylation is 1. The molecule has 1 aromatic carbocycles. The van der Waals surface area contributed by atoms with Crippen LogP contribution in [0.15, 0.2) is 30.3 Å². The van der Waals surface area contributed by atoms with Crippen LogP contribution in [0.5, 0.6) is 0 Å². The first kappa shape index (κ1) is 12.3. The van der Waals surface area contributed by atoms with Crippen LogP contribution >= 0.6 is 0 Å². The van der Waals surface area contributed by atoms with E-state index >= 15 is 0 Å². The first-order chi connectivity index (χ1) is 8.58. The highest BCUT2D eigenvalue weighted by Gasteiger charge is 2.11. The molecule has 2 aromatic rings. The van der Waals surface area contributed by atoms with Gasteiger partial charge in [-0.3, -0.25) is 4.79 Å². The van der Waals surface area contributed by atoms with Gasteiger partial charge in [-0.05, 0) is 24.6 Å². The largest absolute Gasteiger partial charge is 0.381 e. The van der Waals surface area contributed by atoms with Crippen LogP contribution in [0.1, 0.15) is 5.56 Å². The van der Waals surface area contributed by atoms with Gasteiger partial charge in [0.05, 0.1) is 12.1 Å². The minimum atomic E-state index is -1.21. The van der Waals surface area contributed by atoms with Gasteiger partial charge in [0.25, 0.3) is 0 Å². The average molecular weight is 245 g/mol. The number of rotatable bonds is 4. The maximum Gasteiger partial charge on any atom is 0.248 e. The maximum atomic E-state index is 10.7. The van der Waals surface area contributed by atoms with E-state index in [2.05, 4.69) is 10.3 Å². The van der Waals surface area contributed by atoms with Gasteiger partial charge in [0, 0.05) is 5.39 Å². The quantitative estimate of drug-likeness (QED) is 0.743. The second-order valence-corrected chi connectivity index (χ2v) is 4.15. The highest BCUT2D eigenvalue weighted by Crippen LogP contribution is 2.19. The molecule has 0 aliphatic heterocycles. The molecule has 4 N–H and O–H groups in total. The minimum Gasteiger partial charge on any atom is -0.381 e. The molecule has 0 aliphatic rings. The number of nitrogens with two attached hydrogens (primary N) is 1. The number of carbonyl (C=O) groups excluding carboxylic acids is 1. The van der Waals surface area contributed by atoms with Crippen LogP contribution in [0.25, 0.3) is 10.9 Å². The monoisotopic (exact) mass is 245 g/mol. The van der Waals surface area contributed by atoms with Crippen molar-refractivity contribution in [3.05, 3.63) is 35.9 Å². The third-order valence-electron chi connectivity index (χ3n) is 2.71. The van der Waals surface area contributed by atoms with E-state index in [1.54, 1.807) is 0 Å². The first-order valence-electron chi connectivity index (χ1n) is 5.65. The van der Waals surface area contributed by atoms with E-state index in [1.807, 2.05) is 37.3 Å². The fraction of sp³-hybridized carbons (Fsp3) is 0.231. The van der Waals surface area contributed by atoms with Crippen molar-refractivity contribution in [2.45, 2.75) is 13.0 Å². The Morgan fingerprint density at radius 1 is 1.50 bits per heavy atom. The van der Waals surface area contributed by atoms with Gasteiger partial charge in [-0.1, -0.05) is 18.2 Å². The molecule has 5 nitrogen and oxygen atoms in total. The molecular formula is C13H15N3O2. The molecule has 5 heteroatoms.